The second-order valence-corrected chi connectivity index (χ2v) is 13.1. The molecule has 8 nitrogen and oxygen atoms in total. The Kier molecular flexibility index (Phi) is 13.1. The van der Waals surface area contributed by atoms with Crippen LogP contribution in [-0.4, -0.2) is 69.5 Å². The van der Waals surface area contributed by atoms with Crippen molar-refractivity contribution in [2.45, 2.75) is 72.4 Å². The van der Waals surface area contributed by atoms with E-state index in [0.717, 1.165) is 46.0 Å². The highest BCUT2D eigenvalue weighted by molar-refractivity contribution is 6.35. The SMILES string of the molecule is CCNCC.CCc1c2c(nn1C)CN(CC(F)F)CCCCn1c(C(=O)O)c(CCCOc3cccc4cc(F)ccc34)c3ccc(Cl)c-2c31. The van der Waals surface area contributed by atoms with Gasteiger partial charge in [0.1, 0.15) is 17.3 Å². The summed E-state index contributed by atoms with van der Waals surface area (Å²) >= 11 is 6.97. The Morgan fingerprint density at radius 1 is 1.04 bits per heavy atom. The van der Waals surface area contributed by atoms with Crippen LogP contribution in [0.15, 0.2) is 48.5 Å². The standard InChI is InChI=1S/C35H36ClF3N4O3.C4H11N/c1-3-28-32-27(40-41(28)2)19-42(20-30(38)39)15-4-5-16-43-33-25(13-14-26(36)31(32)33)24(34(43)35(44)45)9-7-17-46-29-10-6-8-21-18-22(37)11-12-23(21)29;1-3-5-4-2/h6,8,10-14,18,30H,3-5,7,9,15-17,19-20H2,1-2H3,(H,44,45);5H,3-4H2,1-2H3. The molecule has 2 aromatic heterocycles. The van der Waals surface area contributed by atoms with Crippen LogP contribution in [0.1, 0.15) is 67.5 Å². The third-order valence-electron chi connectivity index (χ3n) is 9.31. The molecule has 3 aromatic carbocycles. The van der Waals surface area contributed by atoms with Crippen molar-refractivity contribution < 1.29 is 27.8 Å². The Balaban J connectivity index is 0.000000943. The number of halogens is 4. The first-order valence-electron chi connectivity index (χ1n) is 17.7. The van der Waals surface area contributed by atoms with Gasteiger partial charge in [0.25, 0.3) is 6.43 Å². The van der Waals surface area contributed by atoms with Crippen LogP contribution >= 0.6 is 11.6 Å². The first-order valence-corrected chi connectivity index (χ1v) is 18.1. The molecule has 12 heteroatoms. The monoisotopic (exact) mass is 725 g/mol. The summed E-state index contributed by atoms with van der Waals surface area (Å²) in [7, 11) is 1.84. The molecule has 51 heavy (non-hydrogen) atoms. The van der Waals surface area contributed by atoms with Crippen LogP contribution in [0, 0.1) is 5.82 Å². The number of carboxylic acid groups (broad SMARTS) is 1. The zero-order valence-electron chi connectivity index (χ0n) is 29.7. The highest BCUT2D eigenvalue weighted by atomic mass is 35.5. The average molecular weight is 726 g/mol. The number of hydrogen-bond acceptors (Lipinski definition) is 5. The third-order valence-corrected chi connectivity index (χ3v) is 9.63. The number of alkyl halides is 2. The highest BCUT2D eigenvalue weighted by Gasteiger charge is 2.30. The number of fused-ring (bicyclic) bond motifs is 3. The predicted molar refractivity (Wildman–Crippen MR) is 198 cm³/mol. The Morgan fingerprint density at radius 3 is 2.47 bits per heavy atom. The quantitative estimate of drug-likeness (QED) is 0.133. The van der Waals surface area contributed by atoms with E-state index in [9.17, 15) is 23.1 Å². The molecule has 5 aromatic rings. The Labute approximate surface area is 302 Å². The maximum Gasteiger partial charge on any atom is 0.352 e. The average Bonchev–Trinajstić information content (AvgIpc) is 3.56. The molecule has 0 bridgehead atoms. The molecule has 0 fully saturated rings. The molecule has 274 valence electrons. The molecule has 6 rings (SSSR count). The van der Waals surface area contributed by atoms with Gasteiger partial charge in [0.05, 0.1) is 29.4 Å². The molecule has 0 saturated carbocycles. The normalized spacial score (nSPS) is 13.6. The van der Waals surface area contributed by atoms with Gasteiger partial charge in [-0.3, -0.25) is 9.58 Å². The van der Waals surface area contributed by atoms with Crippen LogP contribution < -0.4 is 10.1 Å². The fourth-order valence-electron chi connectivity index (χ4n) is 7.16. The van der Waals surface area contributed by atoms with Crippen molar-refractivity contribution in [3.63, 3.8) is 0 Å². The number of nitrogens with zero attached hydrogens (tertiary/aromatic N) is 4. The number of carboxylic acids is 1. The van der Waals surface area contributed by atoms with Gasteiger partial charge in [-0.25, -0.2) is 18.0 Å². The molecule has 0 amide bonds. The smallest absolute Gasteiger partial charge is 0.352 e. The van der Waals surface area contributed by atoms with E-state index in [-0.39, 0.29) is 24.6 Å². The number of aromatic carboxylic acids is 1. The highest BCUT2D eigenvalue weighted by Crippen LogP contribution is 2.43. The molecule has 0 radical (unpaired) electrons. The minimum atomic E-state index is -2.49. The minimum Gasteiger partial charge on any atom is -0.493 e. The number of hydrogen-bond donors (Lipinski definition) is 2. The van der Waals surface area contributed by atoms with Crippen molar-refractivity contribution in [2.75, 3.05) is 32.8 Å². The van der Waals surface area contributed by atoms with Gasteiger partial charge in [-0.15, -0.1) is 0 Å². The summed E-state index contributed by atoms with van der Waals surface area (Å²) < 4.78 is 50.6. The molecular formula is C39H47ClF3N5O3. The van der Waals surface area contributed by atoms with Crippen molar-refractivity contribution in [3.8, 4) is 16.9 Å². The van der Waals surface area contributed by atoms with Gasteiger partial charge in [0.2, 0.25) is 0 Å². The Morgan fingerprint density at radius 2 is 1.78 bits per heavy atom. The van der Waals surface area contributed by atoms with E-state index in [0.29, 0.717) is 79.4 Å². The number of rotatable bonds is 11. The summed E-state index contributed by atoms with van der Waals surface area (Å²) in [6, 6.07) is 13.7. The number of benzene rings is 3. The van der Waals surface area contributed by atoms with Crippen molar-refractivity contribution in [1.29, 1.82) is 0 Å². The Hall–Kier alpha value is -4.06. The van der Waals surface area contributed by atoms with Crippen LogP contribution in [0.3, 0.4) is 0 Å². The second kappa shape index (κ2) is 17.4. The van der Waals surface area contributed by atoms with Crippen LogP contribution in [0.25, 0.3) is 32.8 Å². The topological polar surface area (TPSA) is 84.6 Å². The second-order valence-electron chi connectivity index (χ2n) is 12.7. The summed E-state index contributed by atoms with van der Waals surface area (Å²) in [6.45, 7) is 9.42. The summed E-state index contributed by atoms with van der Waals surface area (Å²) in [4.78, 5) is 14.7. The van der Waals surface area contributed by atoms with E-state index in [4.69, 9.17) is 21.4 Å². The number of aromatic nitrogens is 3. The Bertz CT molecular complexity index is 1970. The van der Waals surface area contributed by atoms with Crippen LogP contribution in [-0.2, 0) is 33.0 Å². The van der Waals surface area contributed by atoms with Gasteiger partial charge in [-0.1, -0.05) is 50.6 Å². The van der Waals surface area contributed by atoms with Crippen LogP contribution in [0.5, 0.6) is 5.75 Å². The molecular weight excluding hydrogens is 679 g/mol. The molecule has 0 unspecified atom stereocenters. The maximum atomic E-state index is 13.8. The lowest BCUT2D eigenvalue weighted by Crippen LogP contribution is -2.30. The van der Waals surface area contributed by atoms with Crippen molar-refractivity contribution in [1.82, 2.24) is 24.6 Å². The van der Waals surface area contributed by atoms with E-state index in [2.05, 4.69) is 19.2 Å². The largest absolute Gasteiger partial charge is 0.493 e. The number of nitrogens with one attached hydrogen (secondary N) is 1. The maximum absolute atomic E-state index is 13.8. The molecule has 0 saturated heterocycles. The molecule has 1 aliphatic rings. The first kappa shape index (κ1) is 38.2. The first-order chi connectivity index (χ1) is 24.6. The number of carbonyl (C=O) groups is 1. The lowest BCUT2D eigenvalue weighted by atomic mass is 9.97. The van der Waals surface area contributed by atoms with Gasteiger partial charge in [-0.2, -0.15) is 5.10 Å². The molecule has 0 aliphatic carbocycles. The van der Waals surface area contributed by atoms with Crippen LogP contribution in [0.4, 0.5) is 13.2 Å². The molecule has 0 atom stereocenters. The third kappa shape index (κ3) is 8.54. The van der Waals surface area contributed by atoms with E-state index in [1.165, 1.54) is 12.1 Å². The lowest BCUT2D eigenvalue weighted by molar-refractivity contribution is 0.0682. The van der Waals surface area contributed by atoms with Gasteiger partial charge in [0, 0.05) is 47.7 Å². The summed E-state index contributed by atoms with van der Waals surface area (Å²) in [5.74, 6) is -0.719. The van der Waals surface area contributed by atoms with Gasteiger partial charge in [0.15, 0.2) is 0 Å². The molecule has 3 heterocycles. The number of ether oxygens (including phenoxy) is 1. The molecule has 0 spiro atoms. The lowest BCUT2D eigenvalue weighted by Gasteiger charge is -2.21. The van der Waals surface area contributed by atoms with Gasteiger partial charge >= 0.3 is 5.97 Å². The van der Waals surface area contributed by atoms with Gasteiger partial charge < -0.3 is 19.7 Å². The van der Waals surface area contributed by atoms with Crippen molar-refractivity contribution >= 4 is 39.2 Å². The van der Waals surface area contributed by atoms with Crippen LogP contribution in [0.2, 0.25) is 5.02 Å². The van der Waals surface area contributed by atoms with E-state index >= 15 is 0 Å². The van der Waals surface area contributed by atoms with E-state index in [1.54, 1.807) is 21.7 Å². The van der Waals surface area contributed by atoms with Gasteiger partial charge in [-0.05, 0) is 93.0 Å². The van der Waals surface area contributed by atoms with Crippen molar-refractivity contribution in [3.05, 3.63) is 82.0 Å². The summed E-state index contributed by atoms with van der Waals surface area (Å²) in [6.07, 6.45) is 0.327. The summed E-state index contributed by atoms with van der Waals surface area (Å²) in [5, 5.41) is 21.3. The fourth-order valence-corrected chi connectivity index (χ4v) is 7.40. The minimum absolute atomic E-state index is 0.200. The number of aryl methyl sites for hydroxylation is 3. The fraction of sp³-hybridized carbons (Fsp3) is 0.436. The molecule has 1 aliphatic heterocycles. The molecule has 2 N–H and O–H groups in total. The summed E-state index contributed by atoms with van der Waals surface area (Å²) in [5.41, 5.74) is 4.63. The zero-order chi connectivity index (χ0) is 36.7. The zero-order valence-corrected chi connectivity index (χ0v) is 30.5. The predicted octanol–water partition coefficient (Wildman–Crippen LogP) is 8.74. The van der Waals surface area contributed by atoms with E-state index in [1.807, 2.05) is 42.8 Å². The van der Waals surface area contributed by atoms with Crippen molar-refractivity contribution in [2.24, 2.45) is 7.05 Å². The van der Waals surface area contributed by atoms with E-state index < -0.39 is 12.4 Å².